The van der Waals surface area contributed by atoms with E-state index in [1.807, 2.05) is 37.2 Å². The highest BCUT2D eigenvalue weighted by Gasteiger charge is 2.16. The van der Waals surface area contributed by atoms with E-state index >= 15 is 0 Å². The number of nitrogens with two attached hydrogens (primary N) is 1. The monoisotopic (exact) mass is 624 g/mol. The number of imidazole rings is 1. The van der Waals surface area contributed by atoms with Gasteiger partial charge in [-0.2, -0.15) is 4.98 Å². The zero-order valence-corrected chi connectivity index (χ0v) is 25.1. The van der Waals surface area contributed by atoms with Crippen LogP contribution in [0.1, 0.15) is 11.1 Å². The number of aromatic nitrogens is 4. The summed E-state index contributed by atoms with van der Waals surface area (Å²) in [5.74, 6) is 1.02. The summed E-state index contributed by atoms with van der Waals surface area (Å²) < 4.78 is 25.6. The number of nitrogens with one attached hydrogen (secondary N) is 2. The largest absolute Gasteiger partial charge is 0.329 e. The van der Waals surface area contributed by atoms with Gasteiger partial charge in [0.15, 0.2) is 0 Å². The van der Waals surface area contributed by atoms with Crippen LogP contribution in [0.2, 0.25) is 10.0 Å². The number of carbonyl (C=O) groups excluding carboxylic acids is 1. The molecule has 3 aromatic carbocycles. The summed E-state index contributed by atoms with van der Waals surface area (Å²) in [5, 5.41) is 12.0. The molecule has 1 amide bonds. The fraction of sp³-hybridized carbons (Fsp3) is 0.143. The quantitative estimate of drug-likeness (QED) is 0.210. The molecule has 0 aliphatic heterocycles. The third-order valence-corrected chi connectivity index (χ3v) is 8.38. The number of rotatable bonds is 8. The maximum absolute atomic E-state index is 12.7. The maximum Gasteiger partial charge on any atom is 0.238 e. The number of fused-ring (bicyclic) bond motifs is 1. The summed E-state index contributed by atoms with van der Waals surface area (Å²) in [4.78, 5) is 28.0. The van der Waals surface area contributed by atoms with Gasteiger partial charge in [0.1, 0.15) is 5.82 Å². The third-order valence-electron chi connectivity index (χ3n) is 6.59. The van der Waals surface area contributed by atoms with Gasteiger partial charge < -0.3 is 14.8 Å². The minimum atomic E-state index is -3.88. The summed E-state index contributed by atoms with van der Waals surface area (Å²) in [6.07, 6.45) is 1.71. The third kappa shape index (κ3) is 6.31. The molecule has 0 aliphatic carbocycles. The van der Waals surface area contributed by atoms with Crippen LogP contribution in [0.3, 0.4) is 0 Å². The second-order valence-electron chi connectivity index (χ2n) is 9.59. The molecule has 0 bridgehead atoms. The molecule has 42 heavy (non-hydrogen) atoms. The Morgan fingerprint density at radius 3 is 2.55 bits per heavy atom. The zero-order chi connectivity index (χ0) is 30.2. The highest BCUT2D eigenvalue weighted by atomic mass is 35.5. The predicted octanol–water partition coefficient (Wildman–Crippen LogP) is 5.32. The molecule has 0 radical (unpaired) electrons. The Kier molecular flexibility index (Phi) is 8.06. The lowest BCUT2D eigenvalue weighted by molar-refractivity contribution is -0.115. The molecule has 0 spiro atoms. The van der Waals surface area contributed by atoms with Crippen molar-refractivity contribution in [3.63, 3.8) is 0 Å². The number of primary sulfonamides is 1. The van der Waals surface area contributed by atoms with E-state index in [4.69, 9.17) is 28.3 Å². The molecule has 0 aliphatic rings. The van der Waals surface area contributed by atoms with E-state index < -0.39 is 10.0 Å². The van der Waals surface area contributed by atoms with Gasteiger partial charge in [-0.15, -0.1) is 0 Å². The molecular formula is C28H26Cl2N8O3S. The molecule has 216 valence electrons. The Balaban J connectivity index is 1.34. The summed E-state index contributed by atoms with van der Waals surface area (Å²) >= 11 is 12.0. The van der Waals surface area contributed by atoms with E-state index in [1.165, 1.54) is 6.07 Å². The van der Waals surface area contributed by atoms with E-state index in [9.17, 15) is 13.2 Å². The maximum atomic E-state index is 12.7. The molecule has 2 aromatic heterocycles. The van der Waals surface area contributed by atoms with Gasteiger partial charge in [0.25, 0.3) is 0 Å². The smallest absolute Gasteiger partial charge is 0.238 e. The van der Waals surface area contributed by atoms with Crippen LogP contribution in [-0.2, 0) is 28.3 Å². The number of aryl methyl sites for hydroxylation is 2. The molecule has 0 unspecified atom stereocenters. The number of amides is 1. The van der Waals surface area contributed by atoms with E-state index in [1.54, 1.807) is 54.1 Å². The Morgan fingerprint density at radius 2 is 1.81 bits per heavy atom. The second kappa shape index (κ2) is 11.6. The van der Waals surface area contributed by atoms with Crippen molar-refractivity contribution in [2.75, 3.05) is 22.6 Å². The number of carbonyl (C=O) groups is 1. The predicted molar refractivity (Wildman–Crippen MR) is 165 cm³/mol. The molecule has 0 saturated carbocycles. The lowest BCUT2D eigenvalue weighted by Crippen LogP contribution is -2.17. The minimum Gasteiger partial charge on any atom is -0.329 e. The van der Waals surface area contributed by atoms with Crippen molar-refractivity contribution in [2.24, 2.45) is 12.2 Å². The van der Waals surface area contributed by atoms with Crippen molar-refractivity contribution in [1.29, 1.82) is 0 Å². The van der Waals surface area contributed by atoms with Crippen LogP contribution < -0.4 is 20.7 Å². The first-order chi connectivity index (χ1) is 19.9. The average molecular weight is 626 g/mol. The second-order valence-corrected chi connectivity index (χ2v) is 11.9. The van der Waals surface area contributed by atoms with Crippen LogP contribution in [0, 0.1) is 6.92 Å². The first-order valence-corrected chi connectivity index (χ1v) is 14.9. The van der Waals surface area contributed by atoms with Gasteiger partial charge in [-0.3, -0.25) is 10.1 Å². The highest BCUT2D eigenvalue weighted by molar-refractivity contribution is 7.89. The number of hydrogen-bond donors (Lipinski definition) is 3. The van der Waals surface area contributed by atoms with Gasteiger partial charge in [-0.25, -0.2) is 23.5 Å². The van der Waals surface area contributed by atoms with E-state index in [0.29, 0.717) is 38.6 Å². The fourth-order valence-electron chi connectivity index (χ4n) is 4.35. The van der Waals surface area contributed by atoms with Crippen molar-refractivity contribution in [1.82, 2.24) is 19.5 Å². The normalized spacial score (nSPS) is 11.5. The molecule has 5 aromatic rings. The zero-order valence-electron chi connectivity index (χ0n) is 22.8. The van der Waals surface area contributed by atoms with Crippen molar-refractivity contribution in [2.45, 2.75) is 18.2 Å². The van der Waals surface area contributed by atoms with Crippen LogP contribution in [0.5, 0.6) is 0 Å². The molecule has 4 N–H and O–H groups in total. The van der Waals surface area contributed by atoms with Crippen molar-refractivity contribution >= 4 is 79.3 Å². The molecule has 2 heterocycles. The van der Waals surface area contributed by atoms with Crippen LogP contribution in [0.25, 0.3) is 11.0 Å². The number of benzene rings is 3. The molecule has 0 fully saturated rings. The van der Waals surface area contributed by atoms with Gasteiger partial charge in [-0.1, -0.05) is 35.3 Å². The van der Waals surface area contributed by atoms with Gasteiger partial charge in [-0.05, 0) is 66.6 Å². The van der Waals surface area contributed by atoms with Crippen molar-refractivity contribution < 1.29 is 13.2 Å². The molecule has 11 nitrogen and oxygen atoms in total. The molecule has 0 atom stereocenters. The first kappa shape index (κ1) is 29.3. The first-order valence-electron chi connectivity index (χ1n) is 12.6. The van der Waals surface area contributed by atoms with Gasteiger partial charge in [0.05, 0.1) is 32.4 Å². The number of nitrogens with zero attached hydrogens (tertiary/aromatic N) is 5. The van der Waals surface area contributed by atoms with E-state index in [-0.39, 0.29) is 23.2 Å². The summed E-state index contributed by atoms with van der Waals surface area (Å²) in [6.45, 7) is 1.67. The summed E-state index contributed by atoms with van der Waals surface area (Å²) in [6, 6.07) is 17.3. The lowest BCUT2D eigenvalue weighted by Gasteiger charge is -2.19. The topological polar surface area (TPSA) is 148 Å². The van der Waals surface area contributed by atoms with Crippen LogP contribution in [0.15, 0.2) is 71.8 Å². The molecule has 5 rings (SSSR count). The van der Waals surface area contributed by atoms with Crippen molar-refractivity contribution in [3.8, 4) is 0 Å². The van der Waals surface area contributed by atoms with Crippen LogP contribution in [-0.4, -0.2) is 40.9 Å². The van der Waals surface area contributed by atoms with Crippen molar-refractivity contribution in [3.05, 3.63) is 88.0 Å². The van der Waals surface area contributed by atoms with Gasteiger partial charge >= 0.3 is 0 Å². The Hall–Kier alpha value is -4.23. The number of anilines is 5. The Morgan fingerprint density at radius 1 is 1.02 bits per heavy atom. The molecule has 0 saturated heterocycles. The summed E-state index contributed by atoms with van der Waals surface area (Å²) in [7, 11) is -0.209. The summed E-state index contributed by atoms with van der Waals surface area (Å²) in [5.41, 5.74) is 4.05. The standard InChI is InChI=1S/C28H26Cl2N8O3S/c1-16-4-6-18(14-24(16)42(31,40)41)33-27-32-11-10-25(35-27)37(2)19-7-9-23-22(15-19)34-28(38(23)3)36-26(39)13-17-5-8-20(29)21(30)12-17/h4-12,14-15H,13H2,1-3H3,(H2,31,40,41)(H,32,33,35)(H,34,36,39). The lowest BCUT2D eigenvalue weighted by atomic mass is 10.1. The van der Waals surface area contributed by atoms with Crippen LogP contribution in [0.4, 0.5) is 29.1 Å². The number of halogens is 2. The molecule has 14 heteroatoms. The number of sulfonamides is 1. The Bertz CT molecular complexity index is 1950. The minimum absolute atomic E-state index is 0.0226. The van der Waals surface area contributed by atoms with Crippen LogP contribution >= 0.6 is 23.2 Å². The SMILES string of the molecule is Cc1ccc(Nc2nccc(N(C)c3ccc4c(c3)nc(NC(=O)Cc3ccc(Cl)c(Cl)c3)n4C)n2)cc1S(N)(=O)=O. The van der Waals surface area contributed by atoms with Gasteiger partial charge in [0, 0.05) is 31.7 Å². The molecular weight excluding hydrogens is 599 g/mol. The number of hydrogen-bond acceptors (Lipinski definition) is 8. The average Bonchev–Trinajstić information content (AvgIpc) is 3.24. The van der Waals surface area contributed by atoms with E-state index in [0.717, 1.165) is 16.8 Å². The van der Waals surface area contributed by atoms with Gasteiger partial charge in [0.2, 0.25) is 27.8 Å². The van der Waals surface area contributed by atoms with E-state index in [2.05, 4.69) is 25.6 Å². The fourth-order valence-corrected chi connectivity index (χ4v) is 5.48. The Labute approximate surface area is 252 Å². The highest BCUT2D eigenvalue weighted by Crippen LogP contribution is 2.29.